The van der Waals surface area contributed by atoms with Crippen molar-refractivity contribution in [2.24, 2.45) is 0 Å². The molecule has 0 amide bonds. The van der Waals surface area contributed by atoms with Gasteiger partial charge >= 0.3 is 0 Å². The molecule has 0 unspecified atom stereocenters. The topological polar surface area (TPSA) is 77.4 Å². The second kappa shape index (κ2) is 9.85. The normalized spacial score (nSPS) is 14.7. The van der Waals surface area contributed by atoms with Crippen molar-refractivity contribution in [3.05, 3.63) is 59.7 Å². The van der Waals surface area contributed by atoms with Gasteiger partial charge in [0.15, 0.2) is 0 Å². The molecule has 1 aromatic carbocycles. The van der Waals surface area contributed by atoms with E-state index in [1.54, 1.807) is 12.3 Å². The van der Waals surface area contributed by atoms with Crippen LogP contribution in [0.1, 0.15) is 24.1 Å². The van der Waals surface area contributed by atoms with Crippen LogP contribution in [-0.4, -0.2) is 58.2 Å². The first-order valence-corrected chi connectivity index (χ1v) is 12.6. The van der Waals surface area contributed by atoms with Gasteiger partial charge < -0.3 is 20.2 Å². The number of halogens is 1. The molecule has 4 aromatic rings. The highest BCUT2D eigenvalue weighted by Crippen LogP contribution is 2.34. The highest BCUT2D eigenvalue weighted by Gasteiger charge is 2.21. The fourth-order valence-corrected chi connectivity index (χ4v) is 5.45. The predicted octanol–water partition coefficient (Wildman–Crippen LogP) is 4.97. The Morgan fingerprint density at radius 3 is 2.69 bits per heavy atom. The van der Waals surface area contributed by atoms with Crippen molar-refractivity contribution in [2.45, 2.75) is 32.4 Å². The average molecular weight is 493 g/mol. The minimum atomic E-state index is -0.267. The fraction of sp³-hybridized carbons (Fsp3) is 0.346. The third-order valence-electron chi connectivity index (χ3n) is 6.19. The number of rotatable bonds is 6. The van der Waals surface area contributed by atoms with Gasteiger partial charge in [0.05, 0.1) is 27.7 Å². The van der Waals surface area contributed by atoms with E-state index in [9.17, 15) is 9.50 Å². The van der Waals surface area contributed by atoms with Crippen molar-refractivity contribution >= 4 is 38.9 Å². The van der Waals surface area contributed by atoms with Gasteiger partial charge in [0.1, 0.15) is 22.5 Å². The summed E-state index contributed by atoms with van der Waals surface area (Å²) in [5.41, 5.74) is 4.24. The number of fused-ring (bicyclic) bond motifs is 1. The van der Waals surface area contributed by atoms with E-state index < -0.39 is 0 Å². The molecule has 2 N–H and O–H groups in total. The van der Waals surface area contributed by atoms with Gasteiger partial charge in [-0.15, -0.1) is 11.3 Å². The first-order chi connectivity index (χ1) is 16.9. The van der Waals surface area contributed by atoms with E-state index in [1.807, 2.05) is 39.2 Å². The first-order valence-electron chi connectivity index (χ1n) is 11.7. The van der Waals surface area contributed by atoms with E-state index in [4.69, 9.17) is 4.98 Å². The van der Waals surface area contributed by atoms with Crippen LogP contribution in [0.5, 0.6) is 0 Å². The maximum atomic E-state index is 14.5. The molecule has 4 heterocycles. The maximum Gasteiger partial charge on any atom is 0.133 e. The third-order valence-corrected chi connectivity index (χ3v) is 7.21. The molecule has 1 fully saturated rings. The summed E-state index contributed by atoms with van der Waals surface area (Å²) in [4.78, 5) is 18.5. The lowest BCUT2D eigenvalue weighted by Crippen LogP contribution is -2.36. The van der Waals surface area contributed by atoms with Gasteiger partial charge in [0, 0.05) is 37.5 Å². The number of anilines is 3. The van der Waals surface area contributed by atoms with Gasteiger partial charge in [-0.3, -0.25) is 0 Å². The average Bonchev–Trinajstić information content (AvgIpc) is 3.22. The van der Waals surface area contributed by atoms with E-state index >= 15 is 0 Å². The minimum Gasteiger partial charge on any atom is -0.393 e. The summed E-state index contributed by atoms with van der Waals surface area (Å²) in [6.07, 6.45) is 3.09. The zero-order chi connectivity index (χ0) is 24.5. The second-order valence-corrected chi connectivity index (χ2v) is 10.3. The number of pyridine rings is 2. The van der Waals surface area contributed by atoms with E-state index in [0.717, 1.165) is 53.1 Å². The zero-order valence-corrected chi connectivity index (χ0v) is 20.9. The number of nitrogens with zero attached hydrogens (tertiary/aromatic N) is 5. The van der Waals surface area contributed by atoms with Crippen LogP contribution in [0.2, 0.25) is 0 Å². The van der Waals surface area contributed by atoms with E-state index in [1.165, 1.54) is 17.4 Å². The maximum absolute atomic E-state index is 14.5. The molecule has 0 radical (unpaired) electrons. The quantitative estimate of drug-likeness (QED) is 0.394. The number of hydrogen-bond donors (Lipinski definition) is 2. The molecule has 1 aliphatic heterocycles. The Morgan fingerprint density at radius 2 is 1.94 bits per heavy atom. The zero-order valence-electron chi connectivity index (χ0n) is 20.1. The number of piperidine rings is 1. The fourth-order valence-electron chi connectivity index (χ4n) is 4.42. The molecule has 1 saturated heterocycles. The number of nitrogens with one attached hydrogen (secondary N) is 1. The van der Waals surface area contributed by atoms with Crippen LogP contribution in [0.15, 0.2) is 42.6 Å². The lowest BCUT2D eigenvalue weighted by atomic mass is 10.1. The number of aryl methyl sites for hydroxylation is 1. The Morgan fingerprint density at radius 1 is 1.14 bits per heavy atom. The molecule has 3 aromatic heterocycles. The van der Waals surface area contributed by atoms with Crippen LogP contribution in [0.25, 0.3) is 20.8 Å². The van der Waals surface area contributed by atoms with Gasteiger partial charge in [-0.2, -0.15) is 0 Å². The summed E-state index contributed by atoms with van der Waals surface area (Å²) in [5.74, 6) is 1.07. The summed E-state index contributed by atoms with van der Waals surface area (Å²) in [6.45, 7) is 4.24. The Hall–Kier alpha value is -3.14. The van der Waals surface area contributed by atoms with Crippen LogP contribution in [0.4, 0.5) is 21.7 Å². The molecule has 0 atom stereocenters. The molecular weight excluding hydrogens is 463 g/mol. The molecular formula is C26H29FN6OS. The van der Waals surface area contributed by atoms with Crippen molar-refractivity contribution < 1.29 is 9.50 Å². The lowest BCUT2D eigenvalue weighted by Gasteiger charge is -2.33. The van der Waals surface area contributed by atoms with Crippen LogP contribution >= 0.6 is 11.3 Å². The Bertz CT molecular complexity index is 1330. The van der Waals surface area contributed by atoms with Crippen molar-refractivity contribution in [3.63, 3.8) is 0 Å². The largest absolute Gasteiger partial charge is 0.393 e. The van der Waals surface area contributed by atoms with E-state index in [0.29, 0.717) is 28.8 Å². The van der Waals surface area contributed by atoms with E-state index in [2.05, 4.69) is 31.2 Å². The molecule has 0 saturated carbocycles. The summed E-state index contributed by atoms with van der Waals surface area (Å²) in [7, 11) is 4.05. The van der Waals surface area contributed by atoms with E-state index in [-0.39, 0.29) is 11.9 Å². The first kappa shape index (κ1) is 23.6. The predicted molar refractivity (Wildman–Crippen MR) is 140 cm³/mol. The monoisotopic (exact) mass is 492 g/mol. The van der Waals surface area contributed by atoms with Crippen LogP contribution in [-0.2, 0) is 6.54 Å². The molecule has 1 aliphatic rings. The summed E-state index contributed by atoms with van der Waals surface area (Å²) < 4.78 is 15.4. The lowest BCUT2D eigenvalue weighted by molar-refractivity contribution is 0.145. The molecule has 182 valence electrons. The number of benzene rings is 1. The van der Waals surface area contributed by atoms with Crippen molar-refractivity contribution in [3.8, 4) is 10.6 Å². The highest BCUT2D eigenvalue weighted by atomic mass is 32.1. The van der Waals surface area contributed by atoms with Gasteiger partial charge in [-0.1, -0.05) is 12.1 Å². The molecule has 5 rings (SSSR count). The number of thiazole rings is 1. The van der Waals surface area contributed by atoms with Crippen molar-refractivity contribution in [1.29, 1.82) is 0 Å². The van der Waals surface area contributed by atoms with Gasteiger partial charge in [-0.25, -0.2) is 19.3 Å². The number of hydrogen-bond acceptors (Lipinski definition) is 8. The smallest absolute Gasteiger partial charge is 0.133 e. The Kier molecular flexibility index (Phi) is 6.64. The molecule has 0 bridgehead atoms. The Labute approximate surface area is 208 Å². The van der Waals surface area contributed by atoms with Crippen molar-refractivity contribution in [2.75, 3.05) is 37.4 Å². The standard InChI is InChI=1S/C26H29FN6OS/c1-16-5-4-6-18(27)25(16)26-30-19-13-24(28-14-22(19)35-26)31-23-8-7-21(20(29-23)15-32(2)3)33-11-9-17(34)10-12-33/h4-8,13-14,17,34H,9-12,15H2,1-3H3,(H,28,29,31). The minimum absolute atomic E-state index is 0.216. The molecule has 0 aliphatic carbocycles. The number of aliphatic hydroxyl groups is 1. The van der Waals surface area contributed by atoms with Crippen LogP contribution in [0, 0.1) is 12.7 Å². The van der Waals surface area contributed by atoms with Crippen LogP contribution in [0.3, 0.4) is 0 Å². The number of aliphatic hydroxyl groups excluding tert-OH is 1. The SMILES string of the molecule is Cc1cccc(F)c1-c1nc2cc(Nc3ccc(N4CCC(O)CC4)c(CN(C)C)n3)ncc2s1. The summed E-state index contributed by atoms with van der Waals surface area (Å²) in [6, 6.07) is 11.0. The van der Waals surface area contributed by atoms with Gasteiger partial charge in [-0.05, 0) is 57.6 Å². The second-order valence-electron chi connectivity index (χ2n) is 9.23. The molecule has 0 spiro atoms. The van der Waals surface area contributed by atoms with Gasteiger partial charge in [0.25, 0.3) is 0 Å². The third kappa shape index (κ3) is 5.12. The summed E-state index contributed by atoms with van der Waals surface area (Å²) in [5, 5.41) is 13.8. The molecule has 7 nitrogen and oxygen atoms in total. The van der Waals surface area contributed by atoms with Crippen LogP contribution < -0.4 is 10.2 Å². The summed E-state index contributed by atoms with van der Waals surface area (Å²) >= 11 is 1.44. The van der Waals surface area contributed by atoms with Crippen molar-refractivity contribution in [1.82, 2.24) is 19.9 Å². The number of aromatic nitrogens is 3. The molecule has 35 heavy (non-hydrogen) atoms. The Balaban J connectivity index is 1.42. The molecule has 9 heteroatoms. The van der Waals surface area contributed by atoms with Gasteiger partial charge in [0.2, 0.25) is 0 Å². The highest BCUT2D eigenvalue weighted by molar-refractivity contribution is 7.21.